The molecule has 0 aliphatic carbocycles. The number of thiocarbonyl (C=S) groups is 1. The molecule has 2 saturated heterocycles. The highest BCUT2D eigenvalue weighted by atomic mass is 35.5. The van der Waals surface area contributed by atoms with Gasteiger partial charge < -0.3 is 19.7 Å². The third kappa shape index (κ3) is 5.24. The van der Waals surface area contributed by atoms with E-state index in [1.54, 1.807) is 0 Å². The zero-order valence-electron chi connectivity index (χ0n) is 24.4. The van der Waals surface area contributed by atoms with Crippen LogP contribution in [0.25, 0.3) is 5.69 Å². The van der Waals surface area contributed by atoms with Crippen LogP contribution < -0.4 is 15.1 Å². The Morgan fingerprint density at radius 2 is 1.68 bits per heavy atom. The molecule has 0 spiro atoms. The molecule has 7 heteroatoms. The number of benzene rings is 2. The molecular formula is C34H38ClN5S. The van der Waals surface area contributed by atoms with Crippen molar-refractivity contribution in [3.63, 3.8) is 0 Å². The molecule has 4 heterocycles. The molecule has 2 aromatic carbocycles. The van der Waals surface area contributed by atoms with Crippen molar-refractivity contribution in [2.24, 2.45) is 11.8 Å². The van der Waals surface area contributed by atoms with E-state index in [4.69, 9.17) is 28.8 Å². The summed E-state index contributed by atoms with van der Waals surface area (Å²) < 4.78 is 2.34. The van der Waals surface area contributed by atoms with E-state index in [9.17, 15) is 0 Å². The van der Waals surface area contributed by atoms with Crippen LogP contribution in [0.2, 0.25) is 5.02 Å². The van der Waals surface area contributed by atoms with Crippen molar-refractivity contribution in [3.8, 4) is 5.69 Å². The fourth-order valence-electron chi connectivity index (χ4n) is 6.96. The lowest BCUT2D eigenvalue weighted by molar-refractivity contribution is 0.357. The molecule has 4 atom stereocenters. The zero-order chi connectivity index (χ0) is 28.8. The topological polar surface area (TPSA) is 36.3 Å². The summed E-state index contributed by atoms with van der Waals surface area (Å²) in [7, 11) is 0. The second-order valence-corrected chi connectivity index (χ2v) is 12.8. The first kappa shape index (κ1) is 27.8. The van der Waals surface area contributed by atoms with E-state index in [1.165, 1.54) is 28.9 Å². The molecule has 5 nitrogen and oxygen atoms in total. The first-order chi connectivity index (χ1) is 19.7. The van der Waals surface area contributed by atoms with Gasteiger partial charge in [-0.1, -0.05) is 43.6 Å². The Kier molecular flexibility index (Phi) is 7.56. The lowest BCUT2D eigenvalue weighted by Gasteiger charge is -2.37. The standard InChI is InChI=1S/C34H38ClN5S/c1-21-9-8-10-26(16-21)39-24(4)17-28(25(39)5)33-32(30-11-6-7-14-36-30)37-34(41)40(33)27-12-13-31(29(35)18-27)38-19-22(2)15-23(3)20-38/h6-14,16-18,22-23,32-33H,15,19-20H2,1-5H3,(H,37,41)/t22-,23-,32+,33-/m1/s1. The SMILES string of the molecule is Cc1cccc(-n2c(C)cc([C@@H]3[C@H](c4ccccn4)NC(=S)N3c3ccc(N4C[C@H](C)C[C@@H](C)C4)c(Cl)c3)c2C)c1. The average molecular weight is 584 g/mol. The van der Waals surface area contributed by atoms with Crippen LogP contribution in [0.4, 0.5) is 11.4 Å². The molecule has 1 N–H and O–H groups in total. The summed E-state index contributed by atoms with van der Waals surface area (Å²) in [6.45, 7) is 13.2. The number of halogens is 1. The Labute approximate surface area is 254 Å². The number of rotatable bonds is 5. The van der Waals surface area contributed by atoms with E-state index < -0.39 is 0 Å². The molecule has 41 heavy (non-hydrogen) atoms. The smallest absolute Gasteiger partial charge is 0.174 e. The molecule has 0 unspecified atom stereocenters. The van der Waals surface area contributed by atoms with Crippen LogP contribution in [0.15, 0.2) is 72.9 Å². The average Bonchev–Trinajstić information content (AvgIpc) is 3.43. The Balaban J connectivity index is 1.44. The maximum atomic E-state index is 7.04. The third-order valence-electron chi connectivity index (χ3n) is 8.57. The minimum Gasteiger partial charge on any atom is -0.370 e. The number of piperidine rings is 1. The largest absolute Gasteiger partial charge is 0.370 e. The van der Waals surface area contributed by atoms with E-state index in [-0.39, 0.29) is 12.1 Å². The van der Waals surface area contributed by atoms with Gasteiger partial charge in [-0.15, -0.1) is 0 Å². The van der Waals surface area contributed by atoms with E-state index in [1.807, 2.05) is 18.3 Å². The van der Waals surface area contributed by atoms with Gasteiger partial charge in [0.1, 0.15) is 0 Å². The van der Waals surface area contributed by atoms with Gasteiger partial charge in [-0.3, -0.25) is 4.98 Å². The summed E-state index contributed by atoms with van der Waals surface area (Å²) in [5.41, 5.74) is 9.03. The maximum Gasteiger partial charge on any atom is 0.174 e. The Morgan fingerprint density at radius 1 is 0.902 bits per heavy atom. The fraction of sp³-hybridized carbons (Fsp3) is 0.353. The predicted octanol–water partition coefficient (Wildman–Crippen LogP) is 8.11. The van der Waals surface area contributed by atoms with Crippen molar-refractivity contribution in [2.75, 3.05) is 22.9 Å². The Morgan fingerprint density at radius 3 is 2.37 bits per heavy atom. The Hall–Kier alpha value is -3.35. The molecule has 4 aromatic rings. The summed E-state index contributed by atoms with van der Waals surface area (Å²) in [5, 5.41) is 5.05. The number of aromatic nitrogens is 2. The molecule has 212 valence electrons. The van der Waals surface area contributed by atoms with Crippen LogP contribution in [-0.4, -0.2) is 27.8 Å². The molecule has 0 amide bonds. The molecule has 2 fully saturated rings. The van der Waals surface area contributed by atoms with E-state index in [0.29, 0.717) is 16.9 Å². The van der Waals surface area contributed by atoms with Crippen molar-refractivity contribution in [1.82, 2.24) is 14.9 Å². The van der Waals surface area contributed by atoms with Crippen LogP contribution in [0.1, 0.15) is 60.6 Å². The van der Waals surface area contributed by atoms with E-state index in [0.717, 1.165) is 40.9 Å². The van der Waals surface area contributed by atoms with Crippen LogP contribution in [0, 0.1) is 32.6 Å². The molecule has 6 rings (SSSR count). The highest BCUT2D eigenvalue weighted by Gasteiger charge is 2.42. The first-order valence-electron chi connectivity index (χ1n) is 14.5. The normalized spacial score (nSPS) is 22.7. The van der Waals surface area contributed by atoms with Crippen molar-refractivity contribution in [2.45, 2.75) is 53.1 Å². The Bertz CT molecular complexity index is 1570. The molecule has 2 aliphatic rings. The quantitative estimate of drug-likeness (QED) is 0.240. The van der Waals surface area contributed by atoms with Crippen molar-refractivity contribution < 1.29 is 0 Å². The highest BCUT2D eigenvalue weighted by Crippen LogP contribution is 2.45. The summed E-state index contributed by atoms with van der Waals surface area (Å²) in [4.78, 5) is 9.42. The third-order valence-corrected chi connectivity index (χ3v) is 9.18. The molecule has 0 bridgehead atoms. The number of pyridine rings is 1. The molecule has 0 radical (unpaired) electrons. The highest BCUT2D eigenvalue weighted by molar-refractivity contribution is 7.80. The van der Waals surface area contributed by atoms with Crippen molar-refractivity contribution in [1.29, 1.82) is 0 Å². The van der Waals surface area contributed by atoms with Gasteiger partial charge in [0.25, 0.3) is 0 Å². The molecule has 2 aliphatic heterocycles. The fourth-order valence-corrected chi connectivity index (χ4v) is 7.60. The first-order valence-corrected chi connectivity index (χ1v) is 15.3. The second kappa shape index (κ2) is 11.1. The van der Waals surface area contributed by atoms with Gasteiger partial charge in [0.05, 0.1) is 28.5 Å². The van der Waals surface area contributed by atoms with Crippen LogP contribution in [0.5, 0.6) is 0 Å². The van der Waals surface area contributed by atoms with Gasteiger partial charge in [0.2, 0.25) is 0 Å². The lowest BCUT2D eigenvalue weighted by Crippen LogP contribution is -2.38. The van der Waals surface area contributed by atoms with Crippen LogP contribution in [0.3, 0.4) is 0 Å². The van der Waals surface area contributed by atoms with Gasteiger partial charge >= 0.3 is 0 Å². The molecule has 0 saturated carbocycles. The van der Waals surface area contributed by atoms with Crippen LogP contribution in [-0.2, 0) is 0 Å². The van der Waals surface area contributed by atoms with Gasteiger partial charge in [0, 0.05) is 42.0 Å². The number of aryl methyl sites for hydroxylation is 2. The van der Waals surface area contributed by atoms with Gasteiger partial charge in [-0.05, 0) is 111 Å². The molecular weight excluding hydrogens is 546 g/mol. The van der Waals surface area contributed by atoms with Gasteiger partial charge in [-0.2, -0.15) is 0 Å². The molecule has 2 aromatic heterocycles. The minimum absolute atomic E-state index is 0.0980. The minimum atomic E-state index is -0.114. The second-order valence-electron chi connectivity index (χ2n) is 12.0. The summed E-state index contributed by atoms with van der Waals surface area (Å²) in [5.74, 6) is 1.30. The van der Waals surface area contributed by atoms with Gasteiger partial charge in [-0.25, -0.2) is 0 Å². The monoisotopic (exact) mass is 583 g/mol. The van der Waals surface area contributed by atoms with Crippen molar-refractivity contribution >= 4 is 40.3 Å². The lowest BCUT2D eigenvalue weighted by atomic mass is 9.91. The number of nitrogens with zero attached hydrogens (tertiary/aromatic N) is 4. The van der Waals surface area contributed by atoms with Crippen LogP contribution >= 0.6 is 23.8 Å². The number of nitrogens with one attached hydrogen (secondary N) is 1. The summed E-state index contributed by atoms with van der Waals surface area (Å²) in [6.07, 6.45) is 3.11. The van der Waals surface area contributed by atoms with E-state index >= 15 is 0 Å². The summed E-state index contributed by atoms with van der Waals surface area (Å²) >= 11 is 13.1. The van der Waals surface area contributed by atoms with E-state index in [2.05, 4.69) is 109 Å². The number of hydrogen-bond donors (Lipinski definition) is 1. The zero-order valence-corrected chi connectivity index (χ0v) is 26.0. The number of anilines is 2. The van der Waals surface area contributed by atoms with Gasteiger partial charge in [0.15, 0.2) is 5.11 Å². The maximum absolute atomic E-state index is 7.04. The number of hydrogen-bond acceptors (Lipinski definition) is 3. The van der Waals surface area contributed by atoms with Crippen molar-refractivity contribution in [3.05, 3.63) is 106 Å². The summed E-state index contributed by atoms with van der Waals surface area (Å²) in [6, 6.07) is 23.2. The predicted molar refractivity (Wildman–Crippen MR) is 175 cm³/mol.